The summed E-state index contributed by atoms with van der Waals surface area (Å²) in [6.45, 7) is 0. The number of rotatable bonds is 1. The molecule has 2 aromatic rings. The van der Waals surface area contributed by atoms with Gasteiger partial charge in [-0.3, -0.25) is 4.84 Å². The second kappa shape index (κ2) is 3.34. The fourth-order valence-corrected chi connectivity index (χ4v) is 1.85. The Labute approximate surface area is 84.8 Å². The minimum atomic E-state index is 1.03. The van der Waals surface area contributed by atoms with Crippen molar-refractivity contribution < 1.29 is 9.57 Å². The molecular formula is C10H9BrNO+. The van der Waals surface area contributed by atoms with Crippen LogP contribution in [0, 0.1) is 0 Å². The molecule has 0 unspecified atom stereocenters. The molecule has 0 radical (unpaired) electrons. The summed E-state index contributed by atoms with van der Waals surface area (Å²) in [7, 11) is 1.64. The summed E-state index contributed by atoms with van der Waals surface area (Å²) in [5.74, 6) is 0. The van der Waals surface area contributed by atoms with Crippen molar-refractivity contribution in [1.29, 1.82) is 0 Å². The monoisotopic (exact) mass is 238 g/mol. The van der Waals surface area contributed by atoms with Gasteiger partial charge in [0, 0.05) is 10.1 Å². The fraction of sp³-hybridized carbons (Fsp3) is 0.100. The molecule has 0 aliphatic rings. The highest BCUT2D eigenvalue weighted by molar-refractivity contribution is 9.10. The van der Waals surface area contributed by atoms with Crippen LogP contribution in [0.25, 0.3) is 10.8 Å². The Morgan fingerprint density at radius 2 is 2.00 bits per heavy atom. The van der Waals surface area contributed by atoms with Gasteiger partial charge in [-0.15, -0.1) is 0 Å². The van der Waals surface area contributed by atoms with Crippen molar-refractivity contribution in [2.75, 3.05) is 7.11 Å². The lowest BCUT2D eigenvalue weighted by Gasteiger charge is -1.97. The Kier molecular flexibility index (Phi) is 2.19. The molecule has 0 amide bonds. The highest BCUT2D eigenvalue weighted by Gasteiger charge is 2.06. The third-order valence-electron chi connectivity index (χ3n) is 1.94. The second-order valence-corrected chi connectivity index (χ2v) is 3.59. The van der Waals surface area contributed by atoms with E-state index in [0.717, 1.165) is 9.86 Å². The molecular weight excluding hydrogens is 230 g/mol. The van der Waals surface area contributed by atoms with Gasteiger partial charge in [0.05, 0.1) is 9.86 Å². The van der Waals surface area contributed by atoms with Crippen LogP contribution in [-0.4, -0.2) is 7.11 Å². The van der Waals surface area contributed by atoms with Crippen LogP contribution in [0.15, 0.2) is 41.1 Å². The van der Waals surface area contributed by atoms with Crippen LogP contribution in [0.2, 0.25) is 0 Å². The molecule has 0 spiro atoms. The molecule has 0 fully saturated rings. The Morgan fingerprint density at radius 3 is 2.77 bits per heavy atom. The molecule has 13 heavy (non-hydrogen) atoms. The first kappa shape index (κ1) is 8.51. The molecule has 0 aliphatic heterocycles. The molecule has 0 saturated heterocycles. The highest BCUT2D eigenvalue weighted by atomic mass is 79.9. The standard InChI is InChI=1S/C10H9BrNO/c1-13-12-6-8-4-2-3-5-9(8)10(11)7-12/h2-7H,1H3/q+1. The fourth-order valence-electron chi connectivity index (χ4n) is 1.29. The number of aromatic nitrogens is 1. The maximum atomic E-state index is 5.09. The summed E-state index contributed by atoms with van der Waals surface area (Å²) in [6.07, 6.45) is 3.84. The van der Waals surface area contributed by atoms with Gasteiger partial charge >= 0.3 is 0 Å². The first-order valence-electron chi connectivity index (χ1n) is 3.95. The topological polar surface area (TPSA) is 13.1 Å². The van der Waals surface area contributed by atoms with Crippen molar-refractivity contribution >= 4 is 26.7 Å². The normalized spacial score (nSPS) is 10.3. The number of fused-ring (bicyclic) bond motifs is 1. The molecule has 66 valence electrons. The summed E-state index contributed by atoms with van der Waals surface area (Å²) in [6, 6.07) is 8.15. The van der Waals surface area contributed by atoms with Gasteiger partial charge in [0.15, 0.2) is 0 Å². The minimum Gasteiger partial charge on any atom is -0.275 e. The maximum absolute atomic E-state index is 5.09. The SMILES string of the molecule is CO[n+]1cc(Br)c2ccccc2c1. The van der Waals surface area contributed by atoms with Crippen molar-refractivity contribution in [2.24, 2.45) is 0 Å². The Bertz CT molecular complexity index is 442. The van der Waals surface area contributed by atoms with Gasteiger partial charge in [-0.2, -0.15) is 0 Å². The van der Waals surface area contributed by atoms with Gasteiger partial charge in [-0.1, -0.05) is 18.2 Å². The number of hydrogen-bond donors (Lipinski definition) is 0. The third kappa shape index (κ3) is 1.52. The van der Waals surface area contributed by atoms with Crippen LogP contribution in [0.5, 0.6) is 0 Å². The zero-order valence-corrected chi connectivity index (χ0v) is 8.78. The van der Waals surface area contributed by atoms with Crippen LogP contribution in [0.1, 0.15) is 0 Å². The smallest absolute Gasteiger partial charge is 0.237 e. The van der Waals surface area contributed by atoms with E-state index in [0.29, 0.717) is 0 Å². The zero-order chi connectivity index (χ0) is 9.26. The lowest BCUT2D eigenvalue weighted by Crippen LogP contribution is -2.39. The van der Waals surface area contributed by atoms with E-state index in [1.807, 2.05) is 24.5 Å². The molecule has 0 aliphatic carbocycles. The highest BCUT2D eigenvalue weighted by Crippen LogP contribution is 2.20. The van der Waals surface area contributed by atoms with E-state index >= 15 is 0 Å². The molecule has 3 heteroatoms. The van der Waals surface area contributed by atoms with Gasteiger partial charge in [-0.25, -0.2) is 0 Å². The van der Waals surface area contributed by atoms with Crippen molar-refractivity contribution in [1.82, 2.24) is 0 Å². The molecule has 0 bridgehead atoms. The average Bonchev–Trinajstić information content (AvgIpc) is 2.18. The number of benzene rings is 1. The summed E-state index contributed by atoms with van der Waals surface area (Å²) < 4.78 is 2.71. The van der Waals surface area contributed by atoms with E-state index in [4.69, 9.17) is 4.84 Å². The van der Waals surface area contributed by atoms with Gasteiger partial charge < -0.3 is 0 Å². The summed E-state index contributed by atoms with van der Waals surface area (Å²) in [5, 5.41) is 2.34. The van der Waals surface area contributed by atoms with Crippen LogP contribution >= 0.6 is 15.9 Å². The molecule has 0 saturated carbocycles. The van der Waals surface area contributed by atoms with Gasteiger partial charge in [0.1, 0.15) is 7.11 Å². The number of hydrogen-bond acceptors (Lipinski definition) is 1. The maximum Gasteiger partial charge on any atom is 0.237 e. The average molecular weight is 239 g/mol. The molecule has 1 aromatic carbocycles. The largest absolute Gasteiger partial charge is 0.275 e. The summed E-state index contributed by atoms with van der Waals surface area (Å²) in [4.78, 5) is 5.09. The van der Waals surface area contributed by atoms with E-state index in [2.05, 4.69) is 28.1 Å². The van der Waals surface area contributed by atoms with Crippen LogP contribution < -0.4 is 9.57 Å². The van der Waals surface area contributed by atoms with E-state index < -0.39 is 0 Å². The first-order chi connectivity index (χ1) is 6.31. The zero-order valence-electron chi connectivity index (χ0n) is 7.20. The lowest BCUT2D eigenvalue weighted by atomic mass is 10.2. The second-order valence-electron chi connectivity index (χ2n) is 2.74. The Balaban J connectivity index is 2.77. The lowest BCUT2D eigenvalue weighted by molar-refractivity contribution is -0.885. The minimum absolute atomic E-state index is 1.03. The Morgan fingerprint density at radius 1 is 1.23 bits per heavy atom. The number of pyridine rings is 1. The molecule has 2 rings (SSSR count). The number of halogens is 1. The van der Waals surface area contributed by atoms with E-state index in [1.165, 1.54) is 5.39 Å². The van der Waals surface area contributed by atoms with Gasteiger partial charge in [0.25, 0.3) is 0 Å². The first-order valence-corrected chi connectivity index (χ1v) is 4.74. The van der Waals surface area contributed by atoms with Crippen LogP contribution in [0.3, 0.4) is 0 Å². The molecule has 1 aromatic heterocycles. The van der Waals surface area contributed by atoms with E-state index in [9.17, 15) is 0 Å². The van der Waals surface area contributed by atoms with E-state index in [1.54, 1.807) is 11.8 Å². The quantitative estimate of drug-likeness (QED) is 0.693. The molecule has 1 heterocycles. The van der Waals surface area contributed by atoms with Gasteiger partial charge in [-0.05, 0) is 22.0 Å². The third-order valence-corrected chi connectivity index (χ3v) is 2.57. The number of nitrogens with zero attached hydrogens (tertiary/aromatic N) is 1. The summed E-state index contributed by atoms with van der Waals surface area (Å²) >= 11 is 3.49. The predicted molar refractivity (Wildman–Crippen MR) is 54.3 cm³/mol. The molecule has 0 N–H and O–H groups in total. The molecule has 0 atom stereocenters. The predicted octanol–water partition coefficient (Wildman–Crippen LogP) is 1.95. The van der Waals surface area contributed by atoms with Gasteiger partial charge in [0.2, 0.25) is 12.4 Å². The Hall–Kier alpha value is -1.09. The van der Waals surface area contributed by atoms with Crippen molar-refractivity contribution in [3.63, 3.8) is 0 Å². The van der Waals surface area contributed by atoms with E-state index in [-0.39, 0.29) is 0 Å². The van der Waals surface area contributed by atoms with Crippen molar-refractivity contribution in [2.45, 2.75) is 0 Å². The summed E-state index contributed by atoms with van der Waals surface area (Å²) in [5.41, 5.74) is 0. The van der Waals surface area contributed by atoms with Crippen LogP contribution in [-0.2, 0) is 0 Å². The van der Waals surface area contributed by atoms with Crippen molar-refractivity contribution in [3.05, 3.63) is 41.1 Å². The molecule has 2 nitrogen and oxygen atoms in total. The van der Waals surface area contributed by atoms with Crippen LogP contribution in [0.4, 0.5) is 0 Å². The van der Waals surface area contributed by atoms with Crippen molar-refractivity contribution in [3.8, 4) is 0 Å².